The summed E-state index contributed by atoms with van der Waals surface area (Å²) in [7, 11) is 0. The van der Waals surface area contributed by atoms with Crippen molar-refractivity contribution in [3.8, 4) is 0 Å². The van der Waals surface area contributed by atoms with Crippen molar-refractivity contribution in [2.24, 2.45) is 0 Å². The molecule has 30 heavy (non-hydrogen) atoms. The summed E-state index contributed by atoms with van der Waals surface area (Å²) >= 11 is 0. The molecule has 164 valence electrons. The van der Waals surface area contributed by atoms with E-state index in [1.54, 1.807) is 0 Å². The van der Waals surface area contributed by atoms with Gasteiger partial charge in [-0.2, -0.15) is 0 Å². The van der Waals surface area contributed by atoms with Gasteiger partial charge in [-0.05, 0) is 49.8 Å². The summed E-state index contributed by atoms with van der Waals surface area (Å²) in [5.41, 5.74) is 2.82. The van der Waals surface area contributed by atoms with Gasteiger partial charge in [0.2, 0.25) is 0 Å². The molecular weight excluding hydrogens is 362 g/mol. The van der Waals surface area contributed by atoms with Gasteiger partial charge in [-0.25, -0.2) is 0 Å². The third kappa shape index (κ3) is 12.0. The molecule has 0 fully saturated rings. The van der Waals surface area contributed by atoms with Gasteiger partial charge in [-0.3, -0.25) is 4.90 Å². The molecule has 2 aromatic rings. The van der Waals surface area contributed by atoms with E-state index in [0.29, 0.717) is 0 Å². The second kappa shape index (κ2) is 16.9. The largest absolute Gasteiger partial charge is 0.295 e. The molecule has 0 aliphatic carbocycles. The summed E-state index contributed by atoms with van der Waals surface area (Å²) in [5, 5.41) is 0. The van der Waals surface area contributed by atoms with E-state index in [4.69, 9.17) is 0 Å². The quantitative estimate of drug-likeness (QED) is 0.188. The normalized spacial score (nSPS) is 11.5. The number of nitrogens with zero attached hydrogens (tertiary/aromatic N) is 1. The number of benzene rings is 2. The second-order valence-electron chi connectivity index (χ2n) is 8.56. The van der Waals surface area contributed by atoms with E-state index >= 15 is 0 Å². The van der Waals surface area contributed by atoms with E-state index in [2.05, 4.69) is 84.6 Å². The highest BCUT2D eigenvalue weighted by Crippen LogP contribution is 2.13. The monoisotopic (exact) mass is 405 g/mol. The van der Waals surface area contributed by atoms with Crippen LogP contribution in [0.1, 0.15) is 88.7 Å². The number of allylic oxidation sites excluding steroid dienone is 2. The SMILES string of the molecule is CCCCCC/C=C/CCCCCCCN(Cc1ccccc1)Cc1ccccc1. The number of hydrogen-bond acceptors (Lipinski definition) is 1. The highest BCUT2D eigenvalue weighted by atomic mass is 15.1. The summed E-state index contributed by atoms with van der Waals surface area (Å²) in [6, 6.07) is 21.8. The number of rotatable bonds is 17. The van der Waals surface area contributed by atoms with Crippen LogP contribution < -0.4 is 0 Å². The van der Waals surface area contributed by atoms with E-state index in [1.807, 2.05) is 0 Å². The van der Waals surface area contributed by atoms with Crippen LogP contribution in [0.5, 0.6) is 0 Å². The Balaban J connectivity index is 1.59. The van der Waals surface area contributed by atoms with E-state index in [0.717, 1.165) is 13.1 Å². The average molecular weight is 406 g/mol. The van der Waals surface area contributed by atoms with Gasteiger partial charge in [-0.1, -0.05) is 118 Å². The molecule has 0 bridgehead atoms. The zero-order chi connectivity index (χ0) is 21.1. The van der Waals surface area contributed by atoms with Crippen LogP contribution >= 0.6 is 0 Å². The standard InChI is InChI=1S/C29H43N/c1-2-3-4-5-6-7-8-9-10-11-12-13-20-25-30(26-28-21-16-14-17-22-28)27-29-23-18-15-19-24-29/h7-8,14-19,21-24H,2-6,9-13,20,25-27H2,1H3/b8-7+. The molecule has 0 atom stereocenters. The van der Waals surface area contributed by atoms with Gasteiger partial charge in [0.25, 0.3) is 0 Å². The average Bonchev–Trinajstić information content (AvgIpc) is 2.78. The molecular formula is C29H43N. The molecule has 0 saturated carbocycles. The lowest BCUT2D eigenvalue weighted by molar-refractivity contribution is 0.250. The van der Waals surface area contributed by atoms with Gasteiger partial charge < -0.3 is 0 Å². The van der Waals surface area contributed by atoms with Crippen LogP contribution in [0.3, 0.4) is 0 Å². The first-order chi connectivity index (χ1) is 14.9. The Morgan fingerprint density at radius 1 is 0.567 bits per heavy atom. The zero-order valence-electron chi connectivity index (χ0n) is 19.3. The first-order valence-electron chi connectivity index (χ1n) is 12.3. The summed E-state index contributed by atoms with van der Waals surface area (Å²) < 4.78 is 0. The molecule has 0 unspecified atom stereocenters. The highest BCUT2D eigenvalue weighted by Gasteiger charge is 2.07. The number of unbranched alkanes of at least 4 members (excludes halogenated alkanes) is 9. The van der Waals surface area contributed by atoms with Crippen molar-refractivity contribution in [1.29, 1.82) is 0 Å². The van der Waals surface area contributed by atoms with Crippen molar-refractivity contribution in [3.05, 3.63) is 83.9 Å². The van der Waals surface area contributed by atoms with E-state index in [9.17, 15) is 0 Å². The predicted octanol–water partition coefficient (Wildman–Crippen LogP) is 8.56. The van der Waals surface area contributed by atoms with E-state index < -0.39 is 0 Å². The lowest BCUT2D eigenvalue weighted by atomic mass is 10.1. The Hall–Kier alpha value is -1.86. The lowest BCUT2D eigenvalue weighted by Gasteiger charge is -2.22. The van der Waals surface area contributed by atoms with Gasteiger partial charge in [0, 0.05) is 13.1 Å². The maximum Gasteiger partial charge on any atom is 0.0237 e. The fourth-order valence-corrected chi connectivity index (χ4v) is 3.95. The first-order valence-corrected chi connectivity index (χ1v) is 12.3. The number of hydrogen-bond donors (Lipinski definition) is 0. The Bertz CT molecular complexity index is 605. The van der Waals surface area contributed by atoms with Crippen molar-refractivity contribution in [1.82, 2.24) is 4.90 Å². The third-order valence-corrected chi connectivity index (χ3v) is 5.73. The molecule has 0 heterocycles. The maximum absolute atomic E-state index is 2.60. The zero-order valence-corrected chi connectivity index (χ0v) is 19.3. The Labute approximate surface area is 186 Å². The molecule has 2 aromatic carbocycles. The van der Waals surface area contributed by atoms with Gasteiger partial charge in [0.15, 0.2) is 0 Å². The van der Waals surface area contributed by atoms with Crippen molar-refractivity contribution in [2.45, 2.75) is 90.6 Å². The van der Waals surface area contributed by atoms with Crippen LogP contribution in [0.25, 0.3) is 0 Å². The fraction of sp³-hybridized carbons (Fsp3) is 0.517. The summed E-state index contributed by atoms with van der Waals surface area (Å²) in [5.74, 6) is 0. The molecule has 2 rings (SSSR count). The fourth-order valence-electron chi connectivity index (χ4n) is 3.95. The summed E-state index contributed by atoms with van der Waals surface area (Å²) in [6.07, 6.45) is 19.6. The van der Waals surface area contributed by atoms with Crippen LogP contribution in [-0.2, 0) is 13.1 Å². The van der Waals surface area contributed by atoms with Crippen LogP contribution in [0.4, 0.5) is 0 Å². The van der Waals surface area contributed by atoms with Crippen LogP contribution in [0, 0.1) is 0 Å². The van der Waals surface area contributed by atoms with Gasteiger partial charge in [0.1, 0.15) is 0 Å². The van der Waals surface area contributed by atoms with Crippen LogP contribution in [0.15, 0.2) is 72.8 Å². The smallest absolute Gasteiger partial charge is 0.0237 e. The third-order valence-electron chi connectivity index (χ3n) is 5.73. The minimum Gasteiger partial charge on any atom is -0.295 e. The molecule has 1 nitrogen and oxygen atoms in total. The van der Waals surface area contributed by atoms with Crippen molar-refractivity contribution < 1.29 is 0 Å². The van der Waals surface area contributed by atoms with Crippen LogP contribution in [-0.4, -0.2) is 11.4 Å². The minimum atomic E-state index is 1.04. The summed E-state index contributed by atoms with van der Waals surface area (Å²) in [4.78, 5) is 2.60. The molecule has 0 N–H and O–H groups in total. The molecule has 1 heteroatoms. The topological polar surface area (TPSA) is 3.24 Å². The van der Waals surface area contributed by atoms with Gasteiger partial charge >= 0.3 is 0 Å². The van der Waals surface area contributed by atoms with E-state index in [1.165, 1.54) is 88.3 Å². The van der Waals surface area contributed by atoms with E-state index in [-0.39, 0.29) is 0 Å². The first kappa shape index (κ1) is 24.4. The second-order valence-corrected chi connectivity index (χ2v) is 8.56. The Morgan fingerprint density at radius 2 is 1.03 bits per heavy atom. The molecule has 0 radical (unpaired) electrons. The molecule has 0 aliphatic rings. The molecule has 0 spiro atoms. The Kier molecular flexibility index (Phi) is 13.7. The molecule has 0 aromatic heterocycles. The molecule has 0 saturated heterocycles. The summed E-state index contributed by atoms with van der Waals surface area (Å²) in [6.45, 7) is 5.54. The Morgan fingerprint density at radius 3 is 1.57 bits per heavy atom. The van der Waals surface area contributed by atoms with Crippen molar-refractivity contribution >= 4 is 0 Å². The predicted molar refractivity (Wildman–Crippen MR) is 133 cm³/mol. The van der Waals surface area contributed by atoms with Crippen molar-refractivity contribution in [3.63, 3.8) is 0 Å². The maximum atomic E-state index is 2.60. The highest BCUT2D eigenvalue weighted by molar-refractivity contribution is 5.17. The lowest BCUT2D eigenvalue weighted by Crippen LogP contribution is -2.24. The van der Waals surface area contributed by atoms with Gasteiger partial charge in [-0.15, -0.1) is 0 Å². The molecule has 0 aliphatic heterocycles. The van der Waals surface area contributed by atoms with Gasteiger partial charge in [0.05, 0.1) is 0 Å². The van der Waals surface area contributed by atoms with Crippen LogP contribution in [0.2, 0.25) is 0 Å². The molecule has 0 amide bonds. The van der Waals surface area contributed by atoms with Crippen molar-refractivity contribution in [2.75, 3.05) is 6.54 Å². The minimum absolute atomic E-state index is 1.04.